The minimum absolute atomic E-state index is 0.269. The number of nitrogens with one attached hydrogen (secondary N) is 1. The van der Waals surface area contributed by atoms with E-state index >= 15 is 0 Å². The lowest BCUT2D eigenvalue weighted by atomic mass is 10.2. The molecule has 0 aliphatic rings. The van der Waals surface area contributed by atoms with Gasteiger partial charge in [0.15, 0.2) is 5.58 Å². The van der Waals surface area contributed by atoms with E-state index in [1.165, 1.54) is 18.2 Å². The predicted octanol–water partition coefficient (Wildman–Crippen LogP) is 5.59. The van der Waals surface area contributed by atoms with Crippen molar-refractivity contribution in [2.24, 2.45) is 0 Å². The van der Waals surface area contributed by atoms with Crippen LogP contribution in [0.4, 0.5) is 10.1 Å². The van der Waals surface area contributed by atoms with Gasteiger partial charge in [-0.3, -0.25) is 4.79 Å². The van der Waals surface area contributed by atoms with Gasteiger partial charge in [-0.05, 0) is 72.7 Å². The molecule has 4 rings (SSSR count). The van der Waals surface area contributed by atoms with Crippen molar-refractivity contribution in [1.82, 2.24) is 4.98 Å². The van der Waals surface area contributed by atoms with Crippen LogP contribution in [0.15, 0.2) is 77.2 Å². The molecule has 0 aliphatic carbocycles. The number of oxazole rings is 1. The maximum absolute atomic E-state index is 12.9. The summed E-state index contributed by atoms with van der Waals surface area (Å²) in [5.74, 6) is -0.0418. The van der Waals surface area contributed by atoms with Crippen LogP contribution in [-0.4, -0.2) is 10.9 Å². The highest BCUT2D eigenvalue weighted by Gasteiger charge is 2.08. The molecule has 0 fully saturated rings. The van der Waals surface area contributed by atoms with Gasteiger partial charge < -0.3 is 9.73 Å². The van der Waals surface area contributed by atoms with Crippen LogP contribution < -0.4 is 5.32 Å². The molecule has 1 N–H and O–H groups in total. The number of rotatable bonds is 4. The molecule has 0 saturated carbocycles. The highest BCUT2D eigenvalue weighted by molar-refractivity contribution is 6.02. The lowest BCUT2D eigenvalue weighted by Gasteiger charge is -2.03. The topological polar surface area (TPSA) is 55.1 Å². The van der Waals surface area contributed by atoms with Gasteiger partial charge in [0.1, 0.15) is 11.3 Å². The van der Waals surface area contributed by atoms with Crippen LogP contribution in [0.3, 0.4) is 0 Å². The summed E-state index contributed by atoms with van der Waals surface area (Å²) in [5.41, 5.74) is 4.91. The maximum atomic E-state index is 12.9. The number of benzene rings is 3. The number of amides is 1. The molecule has 1 aromatic heterocycles. The summed E-state index contributed by atoms with van der Waals surface area (Å²) in [7, 11) is 0. The monoisotopic (exact) mass is 372 g/mol. The van der Waals surface area contributed by atoms with Gasteiger partial charge in [-0.25, -0.2) is 9.37 Å². The Morgan fingerprint density at radius 3 is 2.54 bits per heavy atom. The summed E-state index contributed by atoms with van der Waals surface area (Å²) in [6.07, 6.45) is 3.04. The van der Waals surface area contributed by atoms with Gasteiger partial charge in [0.25, 0.3) is 0 Å². The van der Waals surface area contributed by atoms with Crippen LogP contribution >= 0.6 is 0 Å². The van der Waals surface area contributed by atoms with E-state index in [4.69, 9.17) is 4.42 Å². The minimum atomic E-state index is -0.309. The summed E-state index contributed by atoms with van der Waals surface area (Å²) in [5, 5.41) is 2.79. The molecule has 0 aliphatic heterocycles. The molecule has 28 heavy (non-hydrogen) atoms. The number of halogens is 1. The van der Waals surface area contributed by atoms with E-state index in [0.29, 0.717) is 11.6 Å². The van der Waals surface area contributed by atoms with E-state index in [2.05, 4.69) is 10.3 Å². The number of carbonyl (C=O) groups is 1. The van der Waals surface area contributed by atoms with Crippen molar-refractivity contribution in [3.05, 3.63) is 89.8 Å². The lowest BCUT2D eigenvalue weighted by Crippen LogP contribution is -2.07. The summed E-state index contributed by atoms with van der Waals surface area (Å²) < 4.78 is 18.7. The Bertz CT molecular complexity index is 1160. The zero-order chi connectivity index (χ0) is 19.5. The zero-order valence-electron chi connectivity index (χ0n) is 15.1. The number of anilines is 1. The predicted molar refractivity (Wildman–Crippen MR) is 108 cm³/mol. The number of aryl methyl sites for hydroxylation is 1. The molecular weight excluding hydrogens is 355 g/mol. The Morgan fingerprint density at radius 2 is 1.79 bits per heavy atom. The Balaban J connectivity index is 1.45. The van der Waals surface area contributed by atoms with Crippen molar-refractivity contribution in [3.63, 3.8) is 0 Å². The van der Waals surface area contributed by atoms with Gasteiger partial charge in [0.05, 0.1) is 0 Å². The Labute approximate surface area is 161 Å². The number of hydrogen-bond acceptors (Lipinski definition) is 3. The van der Waals surface area contributed by atoms with Gasteiger partial charge in [-0.15, -0.1) is 0 Å². The largest absolute Gasteiger partial charge is 0.436 e. The molecule has 0 bridgehead atoms. The number of carbonyl (C=O) groups excluding carboxylic acids is 1. The van der Waals surface area contributed by atoms with Crippen molar-refractivity contribution >= 4 is 28.8 Å². The standard InChI is InChI=1S/C23H17FN2O2/c1-15-2-12-21-20(14-15)26-23(28-21)17-6-10-19(11-7-17)25-22(27)13-5-16-3-8-18(24)9-4-16/h2-14H,1H3,(H,25,27)/b13-5+. The first kappa shape index (κ1) is 17.7. The minimum Gasteiger partial charge on any atom is -0.436 e. The Morgan fingerprint density at radius 1 is 1.04 bits per heavy atom. The summed E-state index contributed by atoms with van der Waals surface area (Å²) in [4.78, 5) is 16.6. The van der Waals surface area contributed by atoms with Crippen molar-refractivity contribution < 1.29 is 13.6 Å². The highest BCUT2D eigenvalue weighted by Crippen LogP contribution is 2.26. The van der Waals surface area contributed by atoms with Crippen LogP contribution in [0, 0.1) is 12.7 Å². The van der Waals surface area contributed by atoms with Crippen molar-refractivity contribution in [1.29, 1.82) is 0 Å². The summed E-state index contributed by atoms with van der Waals surface area (Å²) in [6, 6.07) is 19.0. The molecule has 1 amide bonds. The quantitative estimate of drug-likeness (QED) is 0.475. The molecule has 0 atom stereocenters. The van der Waals surface area contributed by atoms with Crippen LogP contribution in [-0.2, 0) is 4.79 Å². The van der Waals surface area contributed by atoms with Crippen LogP contribution in [0.5, 0.6) is 0 Å². The molecule has 3 aromatic carbocycles. The Kier molecular flexibility index (Phi) is 4.72. The van der Waals surface area contributed by atoms with Gasteiger partial charge in [-0.1, -0.05) is 18.2 Å². The second-order valence-corrected chi connectivity index (χ2v) is 6.44. The first-order valence-electron chi connectivity index (χ1n) is 8.79. The van der Waals surface area contributed by atoms with Gasteiger partial charge >= 0.3 is 0 Å². The lowest BCUT2D eigenvalue weighted by molar-refractivity contribution is -0.111. The molecular formula is C23H17FN2O2. The summed E-state index contributed by atoms with van der Waals surface area (Å²) in [6.45, 7) is 2.01. The third-order valence-corrected chi connectivity index (χ3v) is 4.24. The SMILES string of the molecule is Cc1ccc2oc(-c3ccc(NC(=O)/C=C/c4ccc(F)cc4)cc3)nc2c1. The molecule has 0 unspecified atom stereocenters. The Hall–Kier alpha value is -3.73. The number of hydrogen-bond donors (Lipinski definition) is 1. The molecule has 4 nitrogen and oxygen atoms in total. The fourth-order valence-electron chi connectivity index (χ4n) is 2.79. The van der Waals surface area contributed by atoms with Crippen LogP contribution in [0.25, 0.3) is 28.6 Å². The third kappa shape index (κ3) is 3.99. The van der Waals surface area contributed by atoms with Crippen molar-refractivity contribution in [2.75, 3.05) is 5.32 Å². The first-order valence-corrected chi connectivity index (χ1v) is 8.79. The molecule has 4 aromatic rings. The molecule has 0 spiro atoms. The average molecular weight is 372 g/mol. The molecule has 0 saturated heterocycles. The molecule has 5 heteroatoms. The van der Waals surface area contributed by atoms with E-state index in [1.54, 1.807) is 30.3 Å². The van der Waals surface area contributed by atoms with Crippen LogP contribution in [0.2, 0.25) is 0 Å². The van der Waals surface area contributed by atoms with Crippen molar-refractivity contribution in [3.8, 4) is 11.5 Å². The second kappa shape index (κ2) is 7.48. The molecule has 138 valence electrons. The molecule has 1 heterocycles. The highest BCUT2D eigenvalue weighted by atomic mass is 19.1. The van der Waals surface area contributed by atoms with E-state index < -0.39 is 0 Å². The number of fused-ring (bicyclic) bond motifs is 1. The van der Waals surface area contributed by atoms with E-state index in [-0.39, 0.29) is 11.7 Å². The fraction of sp³-hybridized carbons (Fsp3) is 0.0435. The van der Waals surface area contributed by atoms with E-state index in [0.717, 1.165) is 27.8 Å². The van der Waals surface area contributed by atoms with E-state index in [9.17, 15) is 9.18 Å². The summed E-state index contributed by atoms with van der Waals surface area (Å²) >= 11 is 0. The maximum Gasteiger partial charge on any atom is 0.248 e. The number of aromatic nitrogens is 1. The van der Waals surface area contributed by atoms with Gasteiger partial charge in [0, 0.05) is 17.3 Å². The third-order valence-electron chi connectivity index (χ3n) is 4.24. The zero-order valence-corrected chi connectivity index (χ0v) is 15.1. The van der Waals surface area contributed by atoms with Gasteiger partial charge in [-0.2, -0.15) is 0 Å². The molecule has 0 radical (unpaired) electrons. The first-order chi connectivity index (χ1) is 13.6. The fourth-order valence-corrected chi connectivity index (χ4v) is 2.79. The number of nitrogens with zero attached hydrogens (tertiary/aromatic N) is 1. The van der Waals surface area contributed by atoms with E-state index in [1.807, 2.05) is 37.3 Å². The van der Waals surface area contributed by atoms with Gasteiger partial charge in [0.2, 0.25) is 11.8 Å². The second-order valence-electron chi connectivity index (χ2n) is 6.44. The van der Waals surface area contributed by atoms with Crippen LogP contribution in [0.1, 0.15) is 11.1 Å². The van der Waals surface area contributed by atoms with Crippen molar-refractivity contribution in [2.45, 2.75) is 6.92 Å². The smallest absolute Gasteiger partial charge is 0.248 e. The average Bonchev–Trinajstić information content (AvgIpc) is 3.11. The normalized spacial score (nSPS) is 11.2.